The SMILES string of the molecule is CC(NC(=O)CC1CCCCCC1)c1nc(C(=O)O)cs1. The van der Waals surface area contributed by atoms with E-state index in [2.05, 4.69) is 10.3 Å². The van der Waals surface area contributed by atoms with Gasteiger partial charge in [-0.15, -0.1) is 11.3 Å². The van der Waals surface area contributed by atoms with Gasteiger partial charge >= 0.3 is 5.97 Å². The van der Waals surface area contributed by atoms with Crippen LogP contribution in [-0.2, 0) is 4.79 Å². The van der Waals surface area contributed by atoms with E-state index in [0.29, 0.717) is 17.3 Å². The zero-order valence-corrected chi connectivity index (χ0v) is 13.1. The number of hydrogen-bond donors (Lipinski definition) is 2. The molecule has 1 aromatic heterocycles. The smallest absolute Gasteiger partial charge is 0.355 e. The largest absolute Gasteiger partial charge is 0.476 e. The van der Waals surface area contributed by atoms with Crippen molar-refractivity contribution in [2.45, 2.75) is 57.9 Å². The summed E-state index contributed by atoms with van der Waals surface area (Å²) in [7, 11) is 0. The van der Waals surface area contributed by atoms with Crippen LogP contribution in [0.4, 0.5) is 0 Å². The fraction of sp³-hybridized carbons (Fsp3) is 0.667. The van der Waals surface area contributed by atoms with Gasteiger partial charge in [0.15, 0.2) is 5.69 Å². The Hall–Kier alpha value is -1.43. The van der Waals surface area contributed by atoms with Crippen molar-refractivity contribution in [2.75, 3.05) is 0 Å². The molecular formula is C15H22N2O3S. The van der Waals surface area contributed by atoms with Crippen molar-refractivity contribution in [2.24, 2.45) is 5.92 Å². The fourth-order valence-corrected chi connectivity index (χ4v) is 3.58. The first-order chi connectivity index (χ1) is 10.1. The molecule has 0 aliphatic heterocycles. The minimum atomic E-state index is -1.03. The Labute approximate surface area is 128 Å². The van der Waals surface area contributed by atoms with E-state index >= 15 is 0 Å². The first-order valence-electron chi connectivity index (χ1n) is 7.54. The van der Waals surface area contributed by atoms with Gasteiger partial charge in [0.2, 0.25) is 5.91 Å². The van der Waals surface area contributed by atoms with Crippen molar-refractivity contribution in [3.05, 3.63) is 16.1 Å². The number of aromatic nitrogens is 1. The number of carbonyl (C=O) groups excluding carboxylic acids is 1. The second kappa shape index (κ2) is 7.54. The number of hydrogen-bond acceptors (Lipinski definition) is 4. The third-order valence-electron chi connectivity index (χ3n) is 3.94. The van der Waals surface area contributed by atoms with E-state index in [4.69, 9.17) is 5.11 Å². The normalized spacial score (nSPS) is 18.0. The zero-order valence-electron chi connectivity index (χ0n) is 12.3. The first kappa shape index (κ1) is 15.9. The average Bonchev–Trinajstić information content (AvgIpc) is 2.80. The average molecular weight is 310 g/mol. The van der Waals surface area contributed by atoms with Crippen LogP contribution in [0.1, 0.15) is 73.4 Å². The van der Waals surface area contributed by atoms with Crippen molar-refractivity contribution < 1.29 is 14.7 Å². The quantitative estimate of drug-likeness (QED) is 0.817. The molecule has 0 spiro atoms. The minimum Gasteiger partial charge on any atom is -0.476 e. The molecular weight excluding hydrogens is 288 g/mol. The molecule has 0 radical (unpaired) electrons. The number of thiazole rings is 1. The number of carboxylic acid groups (broad SMARTS) is 1. The Morgan fingerprint density at radius 3 is 2.62 bits per heavy atom. The molecule has 1 aliphatic rings. The van der Waals surface area contributed by atoms with Crippen LogP contribution in [0.2, 0.25) is 0 Å². The Morgan fingerprint density at radius 1 is 1.38 bits per heavy atom. The van der Waals surface area contributed by atoms with Crippen molar-refractivity contribution >= 4 is 23.2 Å². The van der Waals surface area contributed by atoms with E-state index in [1.54, 1.807) is 0 Å². The molecule has 1 saturated carbocycles. The van der Waals surface area contributed by atoms with Gasteiger partial charge in [-0.1, -0.05) is 25.7 Å². The summed E-state index contributed by atoms with van der Waals surface area (Å²) in [6, 6.07) is -0.235. The van der Waals surface area contributed by atoms with Gasteiger partial charge in [-0.2, -0.15) is 0 Å². The summed E-state index contributed by atoms with van der Waals surface area (Å²) in [4.78, 5) is 26.9. The molecule has 6 heteroatoms. The molecule has 2 rings (SSSR count). The van der Waals surface area contributed by atoms with Gasteiger partial charge in [0, 0.05) is 11.8 Å². The summed E-state index contributed by atoms with van der Waals surface area (Å²) in [5, 5.41) is 13.9. The Bertz CT molecular complexity index is 493. The third kappa shape index (κ3) is 4.81. The summed E-state index contributed by atoms with van der Waals surface area (Å²) in [5.74, 6) is -0.499. The second-order valence-corrected chi connectivity index (χ2v) is 6.62. The van der Waals surface area contributed by atoms with Crippen molar-refractivity contribution in [3.63, 3.8) is 0 Å². The maximum absolute atomic E-state index is 12.1. The lowest BCUT2D eigenvalue weighted by Crippen LogP contribution is -2.28. The number of amides is 1. The van der Waals surface area contributed by atoms with E-state index in [-0.39, 0.29) is 17.6 Å². The molecule has 0 bridgehead atoms. The van der Waals surface area contributed by atoms with Crippen LogP contribution in [0.5, 0.6) is 0 Å². The van der Waals surface area contributed by atoms with Crippen LogP contribution in [0.15, 0.2) is 5.38 Å². The van der Waals surface area contributed by atoms with Crippen LogP contribution >= 0.6 is 11.3 Å². The predicted octanol–water partition coefficient (Wildman–Crippen LogP) is 3.38. The van der Waals surface area contributed by atoms with Gasteiger partial charge in [-0.25, -0.2) is 9.78 Å². The predicted molar refractivity (Wildman–Crippen MR) is 81.4 cm³/mol. The molecule has 2 N–H and O–H groups in total. The molecule has 1 atom stereocenters. The molecule has 116 valence electrons. The maximum atomic E-state index is 12.1. The highest BCUT2D eigenvalue weighted by atomic mass is 32.1. The van der Waals surface area contributed by atoms with Gasteiger partial charge in [-0.3, -0.25) is 4.79 Å². The van der Waals surface area contributed by atoms with Gasteiger partial charge in [0.05, 0.1) is 6.04 Å². The molecule has 1 unspecified atom stereocenters. The Morgan fingerprint density at radius 2 is 2.05 bits per heavy atom. The molecule has 1 aliphatic carbocycles. The number of carboxylic acids is 1. The van der Waals surface area contributed by atoms with Gasteiger partial charge in [0.1, 0.15) is 5.01 Å². The van der Waals surface area contributed by atoms with Crippen molar-refractivity contribution in [1.82, 2.24) is 10.3 Å². The first-order valence-corrected chi connectivity index (χ1v) is 8.42. The lowest BCUT2D eigenvalue weighted by atomic mass is 9.96. The van der Waals surface area contributed by atoms with Gasteiger partial charge in [-0.05, 0) is 25.7 Å². The molecule has 5 nitrogen and oxygen atoms in total. The molecule has 0 aromatic carbocycles. The van der Waals surface area contributed by atoms with Crippen molar-refractivity contribution in [3.8, 4) is 0 Å². The number of rotatable bonds is 5. The molecule has 1 fully saturated rings. The Kier molecular flexibility index (Phi) is 5.73. The van der Waals surface area contributed by atoms with Gasteiger partial charge in [0.25, 0.3) is 0 Å². The maximum Gasteiger partial charge on any atom is 0.355 e. The van der Waals surface area contributed by atoms with E-state index in [9.17, 15) is 9.59 Å². The molecule has 1 amide bonds. The van der Waals surface area contributed by atoms with E-state index in [0.717, 1.165) is 12.8 Å². The standard InChI is InChI=1S/C15H22N2O3S/c1-10(14-17-12(9-21-14)15(19)20)16-13(18)8-11-6-4-2-3-5-7-11/h9-11H,2-8H2,1H3,(H,16,18)(H,19,20). The Balaban J connectivity index is 1.84. The van der Waals surface area contributed by atoms with Crippen LogP contribution in [0, 0.1) is 5.92 Å². The highest BCUT2D eigenvalue weighted by molar-refractivity contribution is 7.09. The monoisotopic (exact) mass is 310 g/mol. The van der Waals surface area contributed by atoms with Crippen LogP contribution in [0.3, 0.4) is 0 Å². The number of aromatic carboxylic acids is 1. The molecule has 0 saturated heterocycles. The summed E-state index contributed by atoms with van der Waals surface area (Å²) in [5.41, 5.74) is 0.0415. The molecule has 1 aromatic rings. The molecule has 21 heavy (non-hydrogen) atoms. The lowest BCUT2D eigenvalue weighted by molar-refractivity contribution is -0.122. The summed E-state index contributed by atoms with van der Waals surface area (Å²) in [6.45, 7) is 1.84. The summed E-state index contributed by atoms with van der Waals surface area (Å²) < 4.78 is 0. The topological polar surface area (TPSA) is 79.3 Å². The van der Waals surface area contributed by atoms with E-state index in [1.807, 2.05) is 6.92 Å². The number of carbonyl (C=O) groups is 2. The number of nitrogens with one attached hydrogen (secondary N) is 1. The molecule has 1 heterocycles. The van der Waals surface area contributed by atoms with Crippen molar-refractivity contribution in [1.29, 1.82) is 0 Å². The summed E-state index contributed by atoms with van der Waals surface area (Å²) in [6.07, 6.45) is 7.87. The fourth-order valence-electron chi connectivity index (χ4n) is 2.78. The van der Waals surface area contributed by atoms with Crippen LogP contribution in [0.25, 0.3) is 0 Å². The minimum absolute atomic E-state index is 0.0415. The lowest BCUT2D eigenvalue weighted by Gasteiger charge is -2.16. The van der Waals surface area contributed by atoms with Crippen LogP contribution in [-0.4, -0.2) is 22.0 Å². The second-order valence-electron chi connectivity index (χ2n) is 5.73. The zero-order chi connectivity index (χ0) is 15.2. The van der Waals surface area contributed by atoms with E-state index in [1.165, 1.54) is 42.4 Å². The third-order valence-corrected chi connectivity index (χ3v) is 4.97. The van der Waals surface area contributed by atoms with E-state index < -0.39 is 5.97 Å². The van der Waals surface area contributed by atoms with Gasteiger partial charge < -0.3 is 10.4 Å². The highest BCUT2D eigenvalue weighted by Crippen LogP contribution is 2.26. The highest BCUT2D eigenvalue weighted by Gasteiger charge is 2.19. The number of nitrogens with zero attached hydrogens (tertiary/aromatic N) is 1. The summed E-state index contributed by atoms with van der Waals surface area (Å²) >= 11 is 1.27. The van der Waals surface area contributed by atoms with Crippen LogP contribution < -0.4 is 5.32 Å².